The van der Waals surface area contributed by atoms with Gasteiger partial charge in [0.05, 0.1) is 11.3 Å². The average Bonchev–Trinajstić information content (AvgIpc) is 3.20. The van der Waals surface area contributed by atoms with Gasteiger partial charge in [0.15, 0.2) is 0 Å². The largest absolute Gasteiger partial charge is 0.416 e. The summed E-state index contributed by atoms with van der Waals surface area (Å²) in [4.78, 5) is 1.35. The molecule has 0 N–H and O–H groups in total. The number of aromatic nitrogens is 6. The fourth-order valence-electron chi connectivity index (χ4n) is 2.96. The molecule has 3 heterocycles. The lowest BCUT2D eigenvalue weighted by atomic mass is 10.1. The zero-order chi connectivity index (χ0) is 17.4. The van der Waals surface area contributed by atoms with Crippen molar-refractivity contribution in [3.63, 3.8) is 0 Å². The molecule has 0 saturated carbocycles. The third kappa shape index (κ3) is 3.26. The van der Waals surface area contributed by atoms with Crippen LogP contribution < -0.4 is 0 Å². The first-order valence-electron chi connectivity index (χ1n) is 8.00. The Balaban J connectivity index is 1.55. The standard InChI is InChI=1S/C16H15F3N6/c17-16(18,19)12-5-3-4-11(8-12)15-20-23-25(22-15)10-13-9-14-6-1-2-7-24(14)21-13/h3-5,8-9H,1-2,6-7,10H2. The molecule has 3 aromatic rings. The molecular weight excluding hydrogens is 333 g/mol. The Morgan fingerprint density at radius 3 is 2.76 bits per heavy atom. The summed E-state index contributed by atoms with van der Waals surface area (Å²) < 4.78 is 40.4. The Morgan fingerprint density at radius 1 is 1.08 bits per heavy atom. The molecule has 1 aliphatic heterocycles. The third-order valence-electron chi connectivity index (χ3n) is 4.17. The van der Waals surface area contributed by atoms with E-state index in [2.05, 4.69) is 20.5 Å². The lowest BCUT2D eigenvalue weighted by Gasteiger charge is -2.11. The molecule has 0 spiro atoms. The van der Waals surface area contributed by atoms with Gasteiger partial charge in [-0.25, -0.2) is 0 Å². The molecule has 1 aromatic carbocycles. The maximum atomic E-state index is 12.8. The van der Waals surface area contributed by atoms with Crippen LogP contribution in [0.3, 0.4) is 0 Å². The fourth-order valence-corrected chi connectivity index (χ4v) is 2.96. The van der Waals surface area contributed by atoms with Crippen LogP contribution >= 0.6 is 0 Å². The van der Waals surface area contributed by atoms with Gasteiger partial charge in [0.1, 0.15) is 6.54 Å². The molecule has 4 rings (SSSR count). The number of hydrogen-bond acceptors (Lipinski definition) is 4. The van der Waals surface area contributed by atoms with Crippen LogP contribution in [0.5, 0.6) is 0 Å². The molecule has 9 heteroatoms. The van der Waals surface area contributed by atoms with Gasteiger partial charge < -0.3 is 0 Å². The summed E-state index contributed by atoms with van der Waals surface area (Å²) in [6.45, 7) is 1.25. The molecule has 0 bridgehead atoms. The van der Waals surface area contributed by atoms with Crippen molar-refractivity contribution >= 4 is 0 Å². The number of tetrazole rings is 1. The van der Waals surface area contributed by atoms with Crippen LogP contribution in [0, 0.1) is 0 Å². The van der Waals surface area contributed by atoms with Crippen LogP contribution in [0.2, 0.25) is 0 Å². The molecule has 25 heavy (non-hydrogen) atoms. The molecule has 1 aliphatic rings. The van der Waals surface area contributed by atoms with Gasteiger partial charge in [-0.2, -0.15) is 23.1 Å². The average molecular weight is 348 g/mol. The number of rotatable bonds is 3. The number of benzene rings is 1. The van der Waals surface area contributed by atoms with E-state index in [-0.39, 0.29) is 11.4 Å². The third-order valence-corrected chi connectivity index (χ3v) is 4.17. The number of halogens is 3. The fraction of sp³-hybridized carbons (Fsp3) is 0.375. The Bertz CT molecular complexity index is 872. The van der Waals surface area contributed by atoms with Gasteiger partial charge in [0.2, 0.25) is 5.82 Å². The minimum absolute atomic E-state index is 0.162. The van der Waals surface area contributed by atoms with Crippen molar-refractivity contribution in [2.24, 2.45) is 0 Å². The van der Waals surface area contributed by atoms with Crippen LogP contribution in [0.15, 0.2) is 30.3 Å². The molecule has 6 nitrogen and oxygen atoms in total. The molecular formula is C16H15F3N6. The summed E-state index contributed by atoms with van der Waals surface area (Å²) in [5, 5.41) is 16.5. The van der Waals surface area contributed by atoms with E-state index in [1.54, 1.807) is 0 Å². The lowest BCUT2D eigenvalue weighted by Crippen LogP contribution is -2.11. The van der Waals surface area contributed by atoms with Crippen LogP contribution in [0.4, 0.5) is 13.2 Å². The molecule has 130 valence electrons. The van der Waals surface area contributed by atoms with E-state index in [1.807, 2.05) is 10.7 Å². The zero-order valence-electron chi connectivity index (χ0n) is 13.2. The highest BCUT2D eigenvalue weighted by Crippen LogP contribution is 2.31. The monoisotopic (exact) mass is 348 g/mol. The van der Waals surface area contributed by atoms with Crippen LogP contribution in [-0.2, 0) is 25.7 Å². The second-order valence-electron chi connectivity index (χ2n) is 6.03. The first-order chi connectivity index (χ1) is 12.0. The number of alkyl halides is 3. The van der Waals surface area contributed by atoms with Crippen molar-refractivity contribution in [2.75, 3.05) is 0 Å². The topological polar surface area (TPSA) is 61.4 Å². The molecule has 0 amide bonds. The van der Waals surface area contributed by atoms with Gasteiger partial charge in [0, 0.05) is 17.8 Å². The Kier molecular flexibility index (Phi) is 3.78. The smallest absolute Gasteiger partial charge is 0.269 e. The van der Waals surface area contributed by atoms with E-state index in [0.717, 1.165) is 43.6 Å². The van der Waals surface area contributed by atoms with Crippen LogP contribution in [0.1, 0.15) is 29.8 Å². The van der Waals surface area contributed by atoms with Crippen molar-refractivity contribution in [3.8, 4) is 11.4 Å². The summed E-state index contributed by atoms with van der Waals surface area (Å²) in [6.07, 6.45) is -1.11. The highest BCUT2D eigenvalue weighted by atomic mass is 19.4. The van der Waals surface area contributed by atoms with Crippen molar-refractivity contribution < 1.29 is 13.2 Å². The number of nitrogens with zero attached hydrogens (tertiary/aromatic N) is 6. The minimum Gasteiger partial charge on any atom is -0.269 e. The molecule has 2 aromatic heterocycles. The molecule has 0 unspecified atom stereocenters. The molecule has 0 atom stereocenters. The molecule has 0 saturated heterocycles. The zero-order valence-corrected chi connectivity index (χ0v) is 13.2. The van der Waals surface area contributed by atoms with E-state index in [4.69, 9.17) is 0 Å². The maximum Gasteiger partial charge on any atom is 0.416 e. The van der Waals surface area contributed by atoms with Crippen LogP contribution in [-0.4, -0.2) is 30.0 Å². The first kappa shape index (κ1) is 15.8. The van der Waals surface area contributed by atoms with E-state index < -0.39 is 11.7 Å². The van der Waals surface area contributed by atoms with E-state index in [0.29, 0.717) is 6.54 Å². The maximum absolute atomic E-state index is 12.8. The quantitative estimate of drug-likeness (QED) is 0.730. The van der Waals surface area contributed by atoms with Gasteiger partial charge in [-0.3, -0.25) is 4.68 Å². The minimum atomic E-state index is -4.40. The predicted octanol–water partition coefficient (Wildman–Crippen LogP) is 2.94. The van der Waals surface area contributed by atoms with Gasteiger partial charge in [-0.15, -0.1) is 10.2 Å². The normalized spacial score (nSPS) is 14.5. The summed E-state index contributed by atoms with van der Waals surface area (Å²) in [5.74, 6) is 0.162. The van der Waals surface area contributed by atoms with Crippen molar-refractivity contribution in [1.82, 2.24) is 30.0 Å². The number of aryl methyl sites for hydroxylation is 2. The second-order valence-corrected chi connectivity index (χ2v) is 6.03. The van der Waals surface area contributed by atoms with Crippen molar-refractivity contribution in [1.29, 1.82) is 0 Å². The van der Waals surface area contributed by atoms with Gasteiger partial charge in [-0.05, 0) is 42.7 Å². The van der Waals surface area contributed by atoms with E-state index in [9.17, 15) is 13.2 Å². The molecule has 0 aliphatic carbocycles. The second kappa shape index (κ2) is 5.98. The van der Waals surface area contributed by atoms with Gasteiger partial charge in [0.25, 0.3) is 0 Å². The Hall–Kier alpha value is -2.71. The Morgan fingerprint density at radius 2 is 1.96 bits per heavy atom. The lowest BCUT2D eigenvalue weighted by molar-refractivity contribution is -0.137. The summed E-state index contributed by atoms with van der Waals surface area (Å²) >= 11 is 0. The first-order valence-corrected chi connectivity index (χ1v) is 8.00. The summed E-state index contributed by atoms with van der Waals surface area (Å²) in [5.41, 5.74) is 1.57. The predicted molar refractivity (Wildman–Crippen MR) is 82.5 cm³/mol. The van der Waals surface area contributed by atoms with E-state index >= 15 is 0 Å². The number of hydrogen-bond donors (Lipinski definition) is 0. The molecule has 0 radical (unpaired) electrons. The highest BCUT2D eigenvalue weighted by molar-refractivity contribution is 5.55. The summed E-state index contributed by atoms with van der Waals surface area (Å²) in [6, 6.07) is 6.93. The Labute approximate surface area is 141 Å². The SMILES string of the molecule is FC(F)(F)c1cccc(-c2nnn(Cc3cc4n(n3)CCCC4)n2)c1. The van der Waals surface area contributed by atoms with Crippen molar-refractivity contribution in [2.45, 2.75) is 38.5 Å². The summed E-state index contributed by atoms with van der Waals surface area (Å²) in [7, 11) is 0. The van der Waals surface area contributed by atoms with E-state index in [1.165, 1.54) is 22.6 Å². The van der Waals surface area contributed by atoms with Crippen molar-refractivity contribution in [3.05, 3.63) is 47.3 Å². The van der Waals surface area contributed by atoms with Crippen LogP contribution in [0.25, 0.3) is 11.4 Å². The highest BCUT2D eigenvalue weighted by Gasteiger charge is 2.30. The molecule has 0 fully saturated rings. The van der Waals surface area contributed by atoms with Gasteiger partial charge >= 0.3 is 6.18 Å². The number of fused-ring (bicyclic) bond motifs is 1. The van der Waals surface area contributed by atoms with Gasteiger partial charge in [-0.1, -0.05) is 12.1 Å².